The van der Waals surface area contributed by atoms with E-state index in [2.05, 4.69) is 35.0 Å². The Morgan fingerprint density at radius 3 is 2.85 bits per heavy atom. The summed E-state index contributed by atoms with van der Waals surface area (Å²) >= 11 is 5.26. The Hall–Kier alpha value is -0.540. The summed E-state index contributed by atoms with van der Waals surface area (Å²) in [7, 11) is 1.70. The average Bonchev–Trinajstić information content (AvgIpc) is 2.45. The Bertz CT molecular complexity index is 447. The number of hydrogen-bond acceptors (Lipinski definition) is 2. The first-order valence-electron chi connectivity index (χ1n) is 3.95. The summed E-state index contributed by atoms with van der Waals surface area (Å²) in [6.07, 6.45) is 0. The topological polar surface area (TPSA) is 9.23 Å². The summed E-state index contributed by atoms with van der Waals surface area (Å²) in [5.74, 6) is 0.932. The van der Waals surface area contributed by atoms with E-state index in [1.165, 1.54) is 15.0 Å². The summed E-state index contributed by atoms with van der Waals surface area (Å²) in [6.45, 7) is 2.11. The molecule has 1 nitrogen and oxygen atoms in total. The largest absolute Gasteiger partial charge is 0.495 e. The van der Waals surface area contributed by atoms with Gasteiger partial charge >= 0.3 is 0 Å². The van der Waals surface area contributed by atoms with E-state index in [1.807, 2.05) is 6.07 Å². The van der Waals surface area contributed by atoms with Crippen molar-refractivity contribution in [3.8, 4) is 5.75 Å². The van der Waals surface area contributed by atoms with E-state index in [9.17, 15) is 0 Å². The first-order valence-corrected chi connectivity index (χ1v) is 5.56. The summed E-state index contributed by atoms with van der Waals surface area (Å²) in [5.41, 5.74) is 0. The van der Waals surface area contributed by atoms with Gasteiger partial charge < -0.3 is 4.74 Å². The molecule has 0 aliphatic carbocycles. The van der Waals surface area contributed by atoms with Crippen molar-refractivity contribution in [2.45, 2.75) is 6.92 Å². The van der Waals surface area contributed by atoms with Crippen molar-refractivity contribution >= 4 is 37.4 Å². The highest BCUT2D eigenvalue weighted by Gasteiger charge is 2.07. The van der Waals surface area contributed by atoms with Gasteiger partial charge in [0.2, 0.25) is 0 Å². The van der Waals surface area contributed by atoms with Crippen LogP contribution in [0.25, 0.3) is 10.1 Å². The minimum Gasteiger partial charge on any atom is -0.495 e. The number of hydrogen-bond donors (Lipinski definition) is 0. The molecule has 0 saturated carbocycles. The van der Waals surface area contributed by atoms with E-state index in [4.69, 9.17) is 4.74 Å². The fourth-order valence-electron chi connectivity index (χ4n) is 1.39. The van der Waals surface area contributed by atoms with Crippen molar-refractivity contribution in [1.29, 1.82) is 0 Å². The first kappa shape index (κ1) is 9.03. The van der Waals surface area contributed by atoms with Crippen LogP contribution in [-0.4, -0.2) is 7.11 Å². The molecule has 68 valence electrons. The average molecular weight is 257 g/mol. The maximum absolute atomic E-state index is 5.33. The van der Waals surface area contributed by atoms with Gasteiger partial charge in [-0.3, -0.25) is 0 Å². The fraction of sp³-hybridized carbons (Fsp3) is 0.200. The lowest BCUT2D eigenvalue weighted by atomic mass is 10.2. The van der Waals surface area contributed by atoms with E-state index in [0.717, 1.165) is 10.2 Å². The number of rotatable bonds is 1. The monoisotopic (exact) mass is 256 g/mol. The van der Waals surface area contributed by atoms with Gasteiger partial charge in [0, 0.05) is 15.0 Å². The second kappa shape index (κ2) is 3.31. The summed E-state index contributed by atoms with van der Waals surface area (Å²) < 4.78 is 7.62. The van der Waals surface area contributed by atoms with Crippen LogP contribution in [0, 0.1) is 6.92 Å². The lowest BCUT2D eigenvalue weighted by molar-refractivity contribution is 0.417. The van der Waals surface area contributed by atoms with Gasteiger partial charge in [0.1, 0.15) is 5.75 Å². The molecular formula is C10H9BrOS. The number of halogens is 1. The molecule has 0 aliphatic heterocycles. The van der Waals surface area contributed by atoms with Crippen molar-refractivity contribution in [1.82, 2.24) is 0 Å². The molecule has 0 bridgehead atoms. The van der Waals surface area contributed by atoms with E-state index in [0.29, 0.717) is 0 Å². The van der Waals surface area contributed by atoms with E-state index < -0.39 is 0 Å². The molecule has 0 spiro atoms. The second-order valence-electron chi connectivity index (χ2n) is 2.85. The smallest absolute Gasteiger partial charge is 0.141 e. The Morgan fingerprint density at radius 1 is 1.38 bits per heavy atom. The summed E-state index contributed by atoms with van der Waals surface area (Å²) in [6, 6.07) is 6.29. The van der Waals surface area contributed by atoms with Gasteiger partial charge in [-0.05, 0) is 41.1 Å². The third kappa shape index (κ3) is 1.46. The van der Waals surface area contributed by atoms with E-state index in [1.54, 1.807) is 18.4 Å². The molecule has 1 heterocycles. The molecule has 2 aromatic rings. The zero-order valence-electron chi connectivity index (χ0n) is 7.43. The molecule has 0 fully saturated rings. The molecular weight excluding hydrogens is 248 g/mol. The molecule has 13 heavy (non-hydrogen) atoms. The fourth-order valence-corrected chi connectivity index (χ4v) is 2.82. The van der Waals surface area contributed by atoms with Crippen LogP contribution in [0.1, 0.15) is 4.88 Å². The molecule has 0 saturated heterocycles. The summed E-state index contributed by atoms with van der Waals surface area (Å²) in [5, 5.41) is 1.19. The van der Waals surface area contributed by atoms with Gasteiger partial charge in [0.25, 0.3) is 0 Å². The van der Waals surface area contributed by atoms with E-state index >= 15 is 0 Å². The first-order chi connectivity index (χ1) is 6.22. The van der Waals surface area contributed by atoms with E-state index in [-0.39, 0.29) is 0 Å². The van der Waals surface area contributed by atoms with Crippen molar-refractivity contribution in [3.05, 3.63) is 27.5 Å². The van der Waals surface area contributed by atoms with Crippen LogP contribution in [0.15, 0.2) is 22.7 Å². The highest BCUT2D eigenvalue weighted by atomic mass is 79.9. The Balaban J connectivity index is 2.82. The van der Waals surface area contributed by atoms with Gasteiger partial charge in [-0.2, -0.15) is 0 Å². The predicted molar refractivity (Wildman–Crippen MR) is 60.8 cm³/mol. The number of ether oxygens (including phenoxy) is 1. The maximum Gasteiger partial charge on any atom is 0.141 e. The van der Waals surface area contributed by atoms with Crippen LogP contribution in [0.2, 0.25) is 0 Å². The van der Waals surface area contributed by atoms with Crippen LogP contribution in [0.5, 0.6) is 5.75 Å². The maximum atomic E-state index is 5.33. The molecule has 2 rings (SSSR count). The molecule has 0 unspecified atom stereocenters. The number of benzene rings is 1. The molecule has 1 aromatic carbocycles. The third-order valence-electron chi connectivity index (χ3n) is 1.93. The van der Waals surface area contributed by atoms with Crippen molar-refractivity contribution < 1.29 is 4.74 Å². The molecule has 0 atom stereocenters. The van der Waals surface area contributed by atoms with Gasteiger partial charge in [-0.15, -0.1) is 11.3 Å². The van der Waals surface area contributed by atoms with Crippen LogP contribution >= 0.6 is 27.3 Å². The minimum atomic E-state index is 0.932. The van der Waals surface area contributed by atoms with Gasteiger partial charge in [-0.25, -0.2) is 0 Å². The van der Waals surface area contributed by atoms with Gasteiger partial charge in [0.05, 0.1) is 11.6 Å². The van der Waals surface area contributed by atoms with Crippen LogP contribution < -0.4 is 4.74 Å². The van der Waals surface area contributed by atoms with Gasteiger partial charge in [0.15, 0.2) is 0 Å². The van der Waals surface area contributed by atoms with Crippen molar-refractivity contribution in [3.63, 3.8) is 0 Å². The molecule has 0 aliphatic rings. The minimum absolute atomic E-state index is 0.932. The zero-order valence-corrected chi connectivity index (χ0v) is 9.83. The lowest BCUT2D eigenvalue weighted by Crippen LogP contribution is -1.83. The third-order valence-corrected chi connectivity index (χ3v) is 3.57. The standard InChI is InChI=1S/C10H9BrOS/c1-6-5-7-9(13-6)4-3-8(11)10(7)12-2/h3-5H,1-2H3. The van der Waals surface area contributed by atoms with Crippen molar-refractivity contribution in [2.75, 3.05) is 7.11 Å². The lowest BCUT2D eigenvalue weighted by Gasteiger charge is -2.03. The normalized spacial score (nSPS) is 10.7. The second-order valence-corrected chi connectivity index (χ2v) is 4.99. The number of thiophene rings is 1. The number of fused-ring (bicyclic) bond motifs is 1. The predicted octanol–water partition coefficient (Wildman–Crippen LogP) is 3.98. The SMILES string of the molecule is COc1c(Br)ccc2sc(C)cc12. The quantitative estimate of drug-likeness (QED) is 0.750. The molecule has 3 heteroatoms. The Kier molecular flexibility index (Phi) is 2.30. The highest BCUT2D eigenvalue weighted by Crippen LogP contribution is 2.37. The van der Waals surface area contributed by atoms with Crippen LogP contribution in [0.3, 0.4) is 0 Å². The molecule has 0 amide bonds. The van der Waals surface area contributed by atoms with Gasteiger partial charge in [-0.1, -0.05) is 0 Å². The molecule has 0 radical (unpaired) electrons. The molecule has 1 aromatic heterocycles. The van der Waals surface area contributed by atoms with Crippen LogP contribution in [0.4, 0.5) is 0 Å². The zero-order chi connectivity index (χ0) is 9.42. The number of aryl methyl sites for hydroxylation is 1. The van der Waals surface area contributed by atoms with Crippen molar-refractivity contribution in [2.24, 2.45) is 0 Å². The Labute approximate surface area is 89.5 Å². The molecule has 0 N–H and O–H groups in total. The summed E-state index contributed by atoms with van der Waals surface area (Å²) in [4.78, 5) is 1.31. The van der Waals surface area contributed by atoms with Crippen LogP contribution in [-0.2, 0) is 0 Å². The highest BCUT2D eigenvalue weighted by molar-refractivity contribution is 9.10. The Morgan fingerprint density at radius 2 is 2.15 bits per heavy atom. The number of methoxy groups -OCH3 is 1.